The molecule has 2 N–H and O–H groups in total. The van der Waals surface area contributed by atoms with Gasteiger partial charge in [-0.25, -0.2) is 9.78 Å². The molecule has 9 heteroatoms. The average molecular weight is 411 g/mol. The highest BCUT2D eigenvalue weighted by Crippen LogP contribution is 2.48. The van der Waals surface area contributed by atoms with Crippen LogP contribution in [0.2, 0.25) is 0 Å². The van der Waals surface area contributed by atoms with Crippen LogP contribution in [0.4, 0.5) is 13.2 Å². The monoisotopic (exact) mass is 411 g/mol. The van der Waals surface area contributed by atoms with Gasteiger partial charge in [0.05, 0.1) is 17.7 Å². The summed E-state index contributed by atoms with van der Waals surface area (Å²) in [5.74, 6) is -1.19. The highest BCUT2D eigenvalue weighted by atomic mass is 19.4. The molecule has 158 valence electrons. The minimum absolute atomic E-state index is 0.222. The predicted molar refractivity (Wildman–Crippen MR) is 101 cm³/mol. The predicted octanol–water partition coefficient (Wildman–Crippen LogP) is 3.81. The average Bonchev–Trinajstić information content (AvgIpc) is 3.07. The van der Waals surface area contributed by atoms with Gasteiger partial charge < -0.3 is 19.7 Å². The first-order valence-electron chi connectivity index (χ1n) is 9.49. The summed E-state index contributed by atoms with van der Waals surface area (Å²) in [6, 6.07) is 8.30. The number of nitrogens with one attached hydrogen (secondary N) is 1. The summed E-state index contributed by atoms with van der Waals surface area (Å²) in [6.45, 7) is 7.48. The lowest BCUT2D eigenvalue weighted by atomic mass is 9.83. The highest BCUT2D eigenvalue weighted by molar-refractivity contribution is 5.73. The number of halogens is 3. The first-order valence-corrected chi connectivity index (χ1v) is 9.49. The summed E-state index contributed by atoms with van der Waals surface area (Å²) < 4.78 is 40.6. The van der Waals surface area contributed by atoms with Gasteiger partial charge in [-0.2, -0.15) is 13.2 Å². The van der Waals surface area contributed by atoms with E-state index in [1.54, 1.807) is 0 Å². The Balaban J connectivity index is 0.000000298. The molecule has 0 radical (unpaired) electrons. The Hall–Kier alpha value is -2.55. The van der Waals surface area contributed by atoms with E-state index < -0.39 is 12.1 Å². The van der Waals surface area contributed by atoms with Gasteiger partial charge >= 0.3 is 12.1 Å². The van der Waals surface area contributed by atoms with Crippen LogP contribution < -0.4 is 10.1 Å². The summed E-state index contributed by atoms with van der Waals surface area (Å²) in [5, 5.41) is 10.6. The van der Waals surface area contributed by atoms with E-state index in [1.165, 1.54) is 5.69 Å². The van der Waals surface area contributed by atoms with E-state index in [9.17, 15) is 13.2 Å². The maximum absolute atomic E-state index is 10.6. The standard InChI is InChI=1S/C18H23N3O.C2HF3O2/c1-13(2)11-21-12-20-16-14-5-3-4-6-15(14)22-18(17(16)21)7-9-19-10-8-18;3-2(4,5)1(6)7/h3-6,12-13,19H,7-11H2,1-2H3;(H,6,7). The zero-order chi connectivity index (χ0) is 21.2. The highest BCUT2D eigenvalue weighted by Gasteiger charge is 2.45. The van der Waals surface area contributed by atoms with Crippen molar-refractivity contribution in [1.82, 2.24) is 14.9 Å². The number of ether oxygens (including phenoxy) is 1. The van der Waals surface area contributed by atoms with Crippen molar-refractivity contribution in [3.8, 4) is 17.0 Å². The number of rotatable bonds is 2. The number of hydrogen-bond acceptors (Lipinski definition) is 4. The van der Waals surface area contributed by atoms with Gasteiger partial charge in [0.2, 0.25) is 0 Å². The van der Waals surface area contributed by atoms with E-state index in [0.717, 1.165) is 49.5 Å². The van der Waals surface area contributed by atoms with Crippen LogP contribution in [0.3, 0.4) is 0 Å². The fraction of sp³-hybridized carbons (Fsp3) is 0.500. The molecular formula is C20H24F3N3O3. The summed E-state index contributed by atoms with van der Waals surface area (Å²) >= 11 is 0. The van der Waals surface area contributed by atoms with Crippen molar-refractivity contribution in [3.05, 3.63) is 36.3 Å². The molecule has 29 heavy (non-hydrogen) atoms. The Morgan fingerprint density at radius 3 is 2.52 bits per heavy atom. The maximum Gasteiger partial charge on any atom is 0.490 e. The molecule has 4 rings (SSSR count). The minimum Gasteiger partial charge on any atom is -0.480 e. The molecule has 3 heterocycles. The number of aliphatic carboxylic acids is 1. The van der Waals surface area contributed by atoms with Gasteiger partial charge in [0.15, 0.2) is 5.60 Å². The molecule has 0 aliphatic carbocycles. The van der Waals surface area contributed by atoms with Crippen LogP contribution in [-0.4, -0.2) is 39.9 Å². The number of nitrogens with zero attached hydrogens (tertiary/aromatic N) is 2. The van der Waals surface area contributed by atoms with Crippen molar-refractivity contribution in [2.75, 3.05) is 13.1 Å². The minimum atomic E-state index is -5.08. The molecule has 0 bridgehead atoms. The molecule has 1 fully saturated rings. The normalized spacial score (nSPS) is 17.0. The van der Waals surface area contributed by atoms with E-state index in [-0.39, 0.29) is 5.60 Å². The maximum atomic E-state index is 10.6. The summed E-state index contributed by atoms with van der Waals surface area (Å²) in [6.07, 6.45) is -1.09. The van der Waals surface area contributed by atoms with E-state index in [2.05, 4.69) is 41.9 Å². The zero-order valence-electron chi connectivity index (χ0n) is 16.3. The van der Waals surface area contributed by atoms with Crippen molar-refractivity contribution >= 4 is 5.97 Å². The summed E-state index contributed by atoms with van der Waals surface area (Å²) in [5.41, 5.74) is 3.30. The number of carboxylic acids is 1. The van der Waals surface area contributed by atoms with E-state index >= 15 is 0 Å². The molecular weight excluding hydrogens is 387 g/mol. The van der Waals surface area contributed by atoms with Crippen LogP contribution in [0.5, 0.6) is 5.75 Å². The third kappa shape index (κ3) is 4.39. The van der Waals surface area contributed by atoms with Crippen LogP contribution in [0.1, 0.15) is 32.4 Å². The molecule has 0 atom stereocenters. The third-order valence-corrected chi connectivity index (χ3v) is 4.93. The molecule has 1 aromatic carbocycles. The van der Waals surface area contributed by atoms with Gasteiger partial charge in [0.25, 0.3) is 0 Å². The number of piperidine rings is 1. The number of imidazole rings is 1. The second-order valence-corrected chi connectivity index (χ2v) is 7.63. The molecule has 2 aliphatic heterocycles. The lowest BCUT2D eigenvalue weighted by Gasteiger charge is -2.42. The van der Waals surface area contributed by atoms with Gasteiger partial charge in [-0.15, -0.1) is 0 Å². The smallest absolute Gasteiger partial charge is 0.480 e. The number of carbonyl (C=O) groups is 1. The third-order valence-electron chi connectivity index (χ3n) is 4.93. The molecule has 1 aromatic heterocycles. The number of alkyl halides is 3. The second-order valence-electron chi connectivity index (χ2n) is 7.63. The number of hydrogen-bond donors (Lipinski definition) is 2. The summed E-state index contributed by atoms with van der Waals surface area (Å²) in [7, 11) is 0. The van der Waals surface area contributed by atoms with Gasteiger partial charge in [0.1, 0.15) is 5.75 Å². The van der Waals surface area contributed by atoms with Crippen LogP contribution in [0.25, 0.3) is 11.3 Å². The number of para-hydroxylation sites is 1. The second kappa shape index (κ2) is 8.06. The molecule has 1 saturated heterocycles. The quantitative estimate of drug-likeness (QED) is 0.786. The fourth-order valence-corrected chi connectivity index (χ4v) is 3.77. The van der Waals surface area contributed by atoms with Crippen LogP contribution in [0.15, 0.2) is 30.6 Å². The molecule has 2 aromatic rings. The molecule has 1 spiro atoms. The molecule has 0 amide bonds. The Labute approximate surface area is 166 Å². The fourth-order valence-electron chi connectivity index (χ4n) is 3.77. The van der Waals surface area contributed by atoms with Crippen molar-refractivity contribution in [2.24, 2.45) is 5.92 Å². The zero-order valence-corrected chi connectivity index (χ0v) is 16.3. The number of aromatic nitrogens is 2. The molecule has 2 aliphatic rings. The Kier molecular flexibility index (Phi) is 5.88. The van der Waals surface area contributed by atoms with Crippen LogP contribution in [0, 0.1) is 5.92 Å². The topological polar surface area (TPSA) is 76.4 Å². The lowest BCUT2D eigenvalue weighted by molar-refractivity contribution is -0.192. The number of fused-ring (bicyclic) bond motifs is 4. The number of carboxylic acid groups (broad SMARTS) is 1. The lowest BCUT2D eigenvalue weighted by Crippen LogP contribution is -2.46. The van der Waals surface area contributed by atoms with Crippen LogP contribution >= 0.6 is 0 Å². The van der Waals surface area contributed by atoms with Gasteiger partial charge in [-0.05, 0) is 31.1 Å². The van der Waals surface area contributed by atoms with Crippen LogP contribution in [-0.2, 0) is 16.9 Å². The van der Waals surface area contributed by atoms with Crippen molar-refractivity contribution in [1.29, 1.82) is 0 Å². The van der Waals surface area contributed by atoms with Crippen molar-refractivity contribution in [3.63, 3.8) is 0 Å². The van der Waals surface area contributed by atoms with E-state index in [0.29, 0.717) is 5.92 Å². The molecule has 0 unspecified atom stereocenters. The van der Waals surface area contributed by atoms with Crippen molar-refractivity contribution < 1.29 is 27.8 Å². The largest absolute Gasteiger partial charge is 0.490 e. The molecule has 6 nitrogen and oxygen atoms in total. The first kappa shape index (κ1) is 21.2. The first-order chi connectivity index (χ1) is 13.6. The van der Waals surface area contributed by atoms with E-state index in [1.807, 2.05) is 12.4 Å². The van der Waals surface area contributed by atoms with E-state index in [4.69, 9.17) is 19.6 Å². The Morgan fingerprint density at radius 2 is 1.93 bits per heavy atom. The Morgan fingerprint density at radius 1 is 1.31 bits per heavy atom. The van der Waals surface area contributed by atoms with Gasteiger partial charge in [0, 0.05) is 24.9 Å². The number of benzene rings is 1. The SMILES string of the molecule is CC(C)Cn1cnc2c1C1(CCNCC1)Oc1ccccc1-2.O=C(O)C(F)(F)F. The molecule has 0 saturated carbocycles. The van der Waals surface area contributed by atoms with Gasteiger partial charge in [-0.3, -0.25) is 0 Å². The summed E-state index contributed by atoms with van der Waals surface area (Å²) in [4.78, 5) is 13.7. The Bertz CT molecular complexity index is 871. The van der Waals surface area contributed by atoms with Gasteiger partial charge in [-0.1, -0.05) is 26.0 Å². The van der Waals surface area contributed by atoms with Crippen molar-refractivity contribution in [2.45, 2.75) is 45.0 Å².